The molecule has 1 amide bonds. The van der Waals surface area contributed by atoms with E-state index in [0.717, 1.165) is 20.7 Å². The van der Waals surface area contributed by atoms with Crippen LogP contribution >= 0.6 is 11.3 Å². The van der Waals surface area contributed by atoms with Gasteiger partial charge in [-0.25, -0.2) is 4.79 Å². The number of esters is 1. The molecule has 0 fully saturated rings. The Balaban J connectivity index is 1.52. The predicted octanol–water partition coefficient (Wildman–Crippen LogP) is 3.14. The van der Waals surface area contributed by atoms with Crippen LogP contribution in [0.2, 0.25) is 0 Å². The van der Waals surface area contributed by atoms with E-state index in [1.54, 1.807) is 12.1 Å². The van der Waals surface area contributed by atoms with Gasteiger partial charge in [-0.15, -0.1) is 16.4 Å². The van der Waals surface area contributed by atoms with E-state index in [4.69, 9.17) is 9.15 Å². The Hall–Kier alpha value is -3.20. The van der Waals surface area contributed by atoms with Crippen LogP contribution in [-0.4, -0.2) is 27.8 Å². The second-order valence-electron chi connectivity index (χ2n) is 6.56. The topological polar surface area (TPSA) is 103 Å². The summed E-state index contributed by atoms with van der Waals surface area (Å²) in [5.74, 6) is -1.48. The van der Waals surface area contributed by atoms with Crippen LogP contribution in [0, 0.1) is 13.8 Å². The van der Waals surface area contributed by atoms with Gasteiger partial charge in [0.25, 0.3) is 11.8 Å². The van der Waals surface area contributed by atoms with Gasteiger partial charge in [0, 0.05) is 5.69 Å². The Labute approximate surface area is 171 Å². The maximum absolute atomic E-state index is 12.3. The second kappa shape index (κ2) is 8.87. The molecule has 0 spiro atoms. The highest BCUT2D eigenvalue weighted by molar-refractivity contribution is 7.13. The smallest absolute Gasteiger partial charge is 0.437 e. The van der Waals surface area contributed by atoms with E-state index in [1.807, 2.05) is 37.4 Å². The molecule has 1 atom stereocenters. The maximum atomic E-state index is 12.3. The molecule has 2 aromatic heterocycles. The van der Waals surface area contributed by atoms with Gasteiger partial charge in [0.1, 0.15) is 0 Å². The summed E-state index contributed by atoms with van der Waals surface area (Å²) in [4.78, 5) is 36.9. The minimum atomic E-state index is -0.973. The SMILES string of the molecule is Cc1ccc(NC(=O)C(C)OC(=O)CCn2nc(-c3cccs3)oc2=O)c(C)c1. The monoisotopic (exact) mass is 415 g/mol. The lowest BCUT2D eigenvalue weighted by Gasteiger charge is -2.15. The Kier molecular flexibility index (Phi) is 6.28. The van der Waals surface area contributed by atoms with Crippen molar-refractivity contribution in [2.45, 2.75) is 39.8 Å². The predicted molar refractivity (Wildman–Crippen MR) is 109 cm³/mol. The zero-order valence-electron chi connectivity index (χ0n) is 16.3. The number of amides is 1. The number of aromatic nitrogens is 2. The molecule has 29 heavy (non-hydrogen) atoms. The minimum Gasteiger partial charge on any atom is -0.452 e. The Bertz CT molecular complexity index is 1070. The molecule has 0 radical (unpaired) electrons. The van der Waals surface area contributed by atoms with E-state index in [-0.39, 0.29) is 18.9 Å². The van der Waals surface area contributed by atoms with Crippen molar-refractivity contribution in [3.05, 3.63) is 57.4 Å². The number of carbonyl (C=O) groups is 2. The van der Waals surface area contributed by atoms with Gasteiger partial charge in [0.15, 0.2) is 6.10 Å². The Morgan fingerprint density at radius 1 is 1.31 bits per heavy atom. The van der Waals surface area contributed by atoms with E-state index in [0.29, 0.717) is 5.69 Å². The third-order valence-corrected chi connectivity index (χ3v) is 5.04. The first-order valence-corrected chi connectivity index (χ1v) is 9.91. The fourth-order valence-corrected chi connectivity index (χ4v) is 3.29. The molecule has 0 aliphatic heterocycles. The van der Waals surface area contributed by atoms with E-state index >= 15 is 0 Å². The maximum Gasteiger partial charge on any atom is 0.437 e. The van der Waals surface area contributed by atoms with Crippen molar-refractivity contribution < 1.29 is 18.7 Å². The quantitative estimate of drug-likeness (QED) is 0.595. The molecule has 1 unspecified atom stereocenters. The number of nitrogens with one attached hydrogen (secondary N) is 1. The number of aryl methyl sites for hydroxylation is 3. The lowest BCUT2D eigenvalue weighted by Crippen LogP contribution is -2.30. The molecule has 3 aromatic rings. The van der Waals surface area contributed by atoms with Gasteiger partial charge in [-0.1, -0.05) is 23.8 Å². The molecule has 0 saturated carbocycles. The largest absolute Gasteiger partial charge is 0.452 e. The number of thiophene rings is 1. The fourth-order valence-electron chi connectivity index (χ4n) is 2.64. The third kappa shape index (κ3) is 5.20. The molecule has 0 saturated heterocycles. The van der Waals surface area contributed by atoms with Crippen LogP contribution in [0.5, 0.6) is 0 Å². The van der Waals surface area contributed by atoms with Crippen molar-refractivity contribution >= 4 is 28.9 Å². The highest BCUT2D eigenvalue weighted by atomic mass is 32.1. The van der Waals surface area contributed by atoms with Gasteiger partial charge in [0.2, 0.25) is 0 Å². The highest BCUT2D eigenvalue weighted by Gasteiger charge is 2.19. The van der Waals surface area contributed by atoms with Crippen LogP contribution in [0.1, 0.15) is 24.5 Å². The van der Waals surface area contributed by atoms with Crippen molar-refractivity contribution in [1.82, 2.24) is 9.78 Å². The summed E-state index contributed by atoms with van der Waals surface area (Å²) < 4.78 is 11.3. The van der Waals surface area contributed by atoms with E-state index < -0.39 is 23.7 Å². The zero-order valence-corrected chi connectivity index (χ0v) is 17.1. The summed E-state index contributed by atoms with van der Waals surface area (Å²) in [6.07, 6.45) is -1.09. The van der Waals surface area contributed by atoms with E-state index in [2.05, 4.69) is 10.4 Å². The number of ether oxygens (including phenoxy) is 1. The average molecular weight is 415 g/mol. The van der Waals surface area contributed by atoms with Crippen LogP contribution in [-0.2, 0) is 20.9 Å². The second-order valence-corrected chi connectivity index (χ2v) is 7.51. The number of carbonyl (C=O) groups excluding carboxylic acids is 2. The molecular formula is C20H21N3O5S. The summed E-state index contributed by atoms with van der Waals surface area (Å²) in [5, 5.41) is 8.66. The van der Waals surface area contributed by atoms with Crippen LogP contribution < -0.4 is 11.1 Å². The molecule has 1 aromatic carbocycles. The first-order valence-electron chi connectivity index (χ1n) is 9.03. The first kappa shape index (κ1) is 20.5. The van der Waals surface area contributed by atoms with Gasteiger partial charge < -0.3 is 14.5 Å². The molecular weight excluding hydrogens is 394 g/mol. The van der Waals surface area contributed by atoms with E-state index in [9.17, 15) is 14.4 Å². The van der Waals surface area contributed by atoms with Crippen LogP contribution in [0.4, 0.5) is 5.69 Å². The number of nitrogens with zero attached hydrogens (tertiary/aromatic N) is 2. The standard InChI is InChI=1S/C20H21N3O5S/c1-12-6-7-15(13(2)11-12)21-18(25)14(3)27-17(24)8-9-23-20(26)28-19(22-23)16-5-4-10-29-16/h4-7,10-11,14H,8-9H2,1-3H3,(H,21,25). The molecule has 0 aliphatic rings. The van der Waals surface area contributed by atoms with Gasteiger partial charge in [-0.05, 0) is 43.8 Å². The van der Waals surface area contributed by atoms with Gasteiger partial charge in [-0.2, -0.15) is 4.68 Å². The fraction of sp³-hybridized carbons (Fsp3) is 0.300. The minimum absolute atomic E-state index is 0.00203. The van der Waals surface area contributed by atoms with Crippen molar-refractivity contribution in [2.24, 2.45) is 0 Å². The number of anilines is 1. The van der Waals surface area contributed by atoms with Gasteiger partial charge >= 0.3 is 11.7 Å². The van der Waals surface area contributed by atoms with Crippen molar-refractivity contribution in [3.8, 4) is 10.8 Å². The third-order valence-electron chi connectivity index (χ3n) is 4.18. The molecule has 8 nitrogen and oxygen atoms in total. The van der Waals surface area contributed by atoms with E-state index in [1.165, 1.54) is 18.3 Å². The Morgan fingerprint density at radius 3 is 2.79 bits per heavy atom. The molecule has 152 valence electrons. The molecule has 1 N–H and O–H groups in total. The molecule has 3 rings (SSSR count). The van der Waals surface area contributed by atoms with Crippen LogP contribution in [0.25, 0.3) is 10.8 Å². The van der Waals surface area contributed by atoms with Gasteiger partial charge in [0.05, 0.1) is 17.8 Å². The highest BCUT2D eigenvalue weighted by Crippen LogP contribution is 2.21. The van der Waals surface area contributed by atoms with Crippen molar-refractivity contribution in [2.75, 3.05) is 5.32 Å². The van der Waals surface area contributed by atoms with Crippen LogP contribution in [0.15, 0.2) is 44.9 Å². The number of hydrogen-bond donors (Lipinski definition) is 1. The molecule has 9 heteroatoms. The number of benzene rings is 1. The lowest BCUT2D eigenvalue weighted by molar-refractivity contribution is -0.153. The summed E-state index contributed by atoms with van der Waals surface area (Å²) in [5.41, 5.74) is 2.67. The molecule has 0 bridgehead atoms. The summed E-state index contributed by atoms with van der Waals surface area (Å²) in [6.45, 7) is 5.35. The first-order chi connectivity index (χ1) is 13.8. The molecule has 2 heterocycles. The lowest BCUT2D eigenvalue weighted by atomic mass is 10.1. The summed E-state index contributed by atoms with van der Waals surface area (Å²) in [6, 6.07) is 9.25. The Morgan fingerprint density at radius 2 is 2.10 bits per heavy atom. The summed E-state index contributed by atoms with van der Waals surface area (Å²) in [7, 11) is 0. The number of rotatable bonds is 7. The van der Waals surface area contributed by atoms with Gasteiger partial charge in [-0.3, -0.25) is 9.59 Å². The zero-order chi connectivity index (χ0) is 21.0. The van der Waals surface area contributed by atoms with Crippen molar-refractivity contribution in [1.29, 1.82) is 0 Å². The molecule has 0 aliphatic carbocycles. The van der Waals surface area contributed by atoms with Crippen LogP contribution in [0.3, 0.4) is 0 Å². The van der Waals surface area contributed by atoms with Crippen molar-refractivity contribution in [3.63, 3.8) is 0 Å². The number of hydrogen-bond acceptors (Lipinski definition) is 7. The summed E-state index contributed by atoms with van der Waals surface area (Å²) >= 11 is 1.39. The normalized spacial score (nSPS) is 11.8. The average Bonchev–Trinajstić information content (AvgIpc) is 3.32.